The van der Waals surface area contributed by atoms with E-state index >= 15 is 0 Å². The monoisotopic (exact) mass is 330 g/mol. The van der Waals surface area contributed by atoms with Crippen molar-refractivity contribution in [2.45, 2.75) is 6.54 Å². The SMILES string of the molecule is O=C(N=S(=O)=O)c1cc2ccccc2n1Cc1cccc(F)c1. The molecule has 23 heavy (non-hydrogen) atoms. The van der Waals surface area contributed by atoms with Gasteiger partial charge >= 0.3 is 16.4 Å². The summed E-state index contributed by atoms with van der Waals surface area (Å²) in [4.78, 5) is 12.0. The number of hydrogen-bond donors (Lipinski definition) is 0. The molecule has 0 bridgehead atoms. The lowest BCUT2D eigenvalue weighted by molar-refractivity contribution is 0.0997. The Kier molecular flexibility index (Phi) is 4.03. The normalized spacial score (nSPS) is 10.7. The van der Waals surface area contributed by atoms with Gasteiger partial charge in [0, 0.05) is 17.4 Å². The Labute approximate surface area is 132 Å². The molecule has 1 heterocycles. The van der Waals surface area contributed by atoms with Gasteiger partial charge in [-0.15, -0.1) is 0 Å². The molecule has 116 valence electrons. The van der Waals surface area contributed by atoms with Crippen molar-refractivity contribution in [2.24, 2.45) is 4.36 Å². The first kappa shape index (κ1) is 15.1. The fraction of sp³-hybridized carbons (Fsp3) is 0.0625. The third kappa shape index (κ3) is 3.19. The Balaban J connectivity index is 2.16. The number of para-hydroxylation sites is 1. The molecule has 0 fully saturated rings. The highest BCUT2D eigenvalue weighted by atomic mass is 32.2. The maximum atomic E-state index is 13.4. The van der Waals surface area contributed by atoms with E-state index < -0.39 is 16.4 Å². The molecule has 0 atom stereocenters. The minimum Gasteiger partial charge on any atom is -0.332 e. The predicted molar refractivity (Wildman–Crippen MR) is 83.1 cm³/mol. The van der Waals surface area contributed by atoms with Gasteiger partial charge in [-0.3, -0.25) is 4.79 Å². The van der Waals surface area contributed by atoms with Crippen LogP contribution in [0.15, 0.2) is 59.0 Å². The second-order valence-corrected chi connectivity index (χ2v) is 5.53. The van der Waals surface area contributed by atoms with Crippen LogP contribution in [0.25, 0.3) is 10.9 Å². The van der Waals surface area contributed by atoms with Crippen LogP contribution < -0.4 is 0 Å². The molecule has 3 aromatic rings. The van der Waals surface area contributed by atoms with Crippen molar-refractivity contribution < 1.29 is 17.6 Å². The maximum Gasteiger partial charge on any atom is 0.319 e. The van der Waals surface area contributed by atoms with Gasteiger partial charge in [-0.25, -0.2) is 4.39 Å². The zero-order valence-electron chi connectivity index (χ0n) is 11.8. The lowest BCUT2D eigenvalue weighted by atomic mass is 10.2. The molecule has 5 nitrogen and oxygen atoms in total. The quantitative estimate of drug-likeness (QED) is 0.741. The number of carbonyl (C=O) groups is 1. The van der Waals surface area contributed by atoms with E-state index in [-0.39, 0.29) is 18.1 Å². The van der Waals surface area contributed by atoms with Gasteiger partial charge < -0.3 is 4.57 Å². The van der Waals surface area contributed by atoms with Crippen LogP contribution in [0, 0.1) is 5.82 Å². The minimum atomic E-state index is -2.82. The van der Waals surface area contributed by atoms with Gasteiger partial charge in [-0.1, -0.05) is 34.7 Å². The van der Waals surface area contributed by atoms with E-state index in [1.54, 1.807) is 28.8 Å². The van der Waals surface area contributed by atoms with Gasteiger partial charge in [-0.2, -0.15) is 8.42 Å². The van der Waals surface area contributed by atoms with E-state index in [0.29, 0.717) is 5.56 Å². The van der Waals surface area contributed by atoms with Gasteiger partial charge in [0.25, 0.3) is 0 Å². The zero-order valence-corrected chi connectivity index (χ0v) is 12.6. The molecule has 3 rings (SSSR count). The molecule has 2 aromatic carbocycles. The summed E-state index contributed by atoms with van der Waals surface area (Å²) in [6, 6.07) is 14.8. The molecule has 0 saturated heterocycles. The van der Waals surface area contributed by atoms with E-state index in [1.807, 2.05) is 18.2 Å². The Bertz CT molecular complexity index is 1030. The van der Waals surface area contributed by atoms with Crippen molar-refractivity contribution in [3.8, 4) is 0 Å². The van der Waals surface area contributed by atoms with E-state index in [4.69, 9.17) is 0 Å². The molecule has 0 saturated carbocycles. The summed E-state index contributed by atoms with van der Waals surface area (Å²) in [6.07, 6.45) is 0. The fourth-order valence-corrected chi connectivity index (χ4v) is 2.72. The molecule has 0 radical (unpaired) electrons. The number of rotatable bonds is 3. The summed E-state index contributed by atoms with van der Waals surface area (Å²) >= 11 is 0. The number of amides is 1. The first-order valence-corrected chi connectivity index (χ1v) is 7.76. The van der Waals surface area contributed by atoms with Crippen LogP contribution in [0.3, 0.4) is 0 Å². The smallest absolute Gasteiger partial charge is 0.319 e. The van der Waals surface area contributed by atoms with E-state index in [0.717, 1.165) is 10.9 Å². The molecular weight excluding hydrogens is 319 g/mol. The van der Waals surface area contributed by atoms with Crippen molar-refractivity contribution in [2.75, 3.05) is 0 Å². The van der Waals surface area contributed by atoms with Gasteiger partial charge in [0.1, 0.15) is 11.5 Å². The lowest BCUT2D eigenvalue weighted by Gasteiger charge is -2.09. The van der Waals surface area contributed by atoms with Crippen molar-refractivity contribution in [3.63, 3.8) is 0 Å². The largest absolute Gasteiger partial charge is 0.332 e. The molecule has 0 aliphatic heterocycles. The van der Waals surface area contributed by atoms with Crippen molar-refractivity contribution >= 4 is 27.3 Å². The molecule has 1 aromatic heterocycles. The molecule has 0 spiro atoms. The van der Waals surface area contributed by atoms with Crippen LogP contribution in [-0.2, 0) is 17.0 Å². The summed E-state index contributed by atoms with van der Waals surface area (Å²) in [7, 11) is -2.82. The summed E-state index contributed by atoms with van der Waals surface area (Å²) < 4.78 is 39.4. The maximum absolute atomic E-state index is 13.4. The van der Waals surface area contributed by atoms with Crippen molar-refractivity contribution in [3.05, 3.63) is 71.7 Å². The molecule has 0 N–H and O–H groups in total. The average Bonchev–Trinajstić information content (AvgIpc) is 2.86. The van der Waals surface area contributed by atoms with Gasteiger partial charge in [-0.05, 0) is 29.8 Å². The number of carbonyl (C=O) groups excluding carboxylic acids is 1. The number of aromatic nitrogens is 1. The van der Waals surface area contributed by atoms with E-state index in [1.165, 1.54) is 12.1 Å². The molecule has 0 unspecified atom stereocenters. The number of benzene rings is 2. The van der Waals surface area contributed by atoms with Gasteiger partial charge in [0.2, 0.25) is 0 Å². The summed E-state index contributed by atoms with van der Waals surface area (Å²) in [5, 5.41) is 0.777. The van der Waals surface area contributed by atoms with Crippen molar-refractivity contribution in [1.82, 2.24) is 4.57 Å². The van der Waals surface area contributed by atoms with Gasteiger partial charge in [0.05, 0.1) is 0 Å². The molecule has 0 aliphatic carbocycles. The van der Waals surface area contributed by atoms with Crippen LogP contribution in [-0.4, -0.2) is 18.9 Å². The molecule has 1 amide bonds. The molecule has 0 aliphatic rings. The summed E-state index contributed by atoms with van der Waals surface area (Å²) in [5.74, 6) is -1.23. The molecular formula is C16H11FN2O3S. The zero-order chi connectivity index (χ0) is 16.4. The van der Waals surface area contributed by atoms with Crippen LogP contribution in [0.1, 0.15) is 16.1 Å². The highest BCUT2D eigenvalue weighted by molar-refractivity contribution is 7.62. The van der Waals surface area contributed by atoms with Crippen molar-refractivity contribution in [1.29, 1.82) is 0 Å². The van der Waals surface area contributed by atoms with Crippen LogP contribution in [0.5, 0.6) is 0 Å². The minimum absolute atomic E-state index is 0.139. The number of nitrogens with zero attached hydrogens (tertiary/aromatic N) is 2. The van der Waals surface area contributed by atoms with Crippen LogP contribution in [0.2, 0.25) is 0 Å². The summed E-state index contributed by atoms with van der Waals surface area (Å²) in [6.45, 7) is 0.230. The van der Waals surface area contributed by atoms with E-state index in [2.05, 4.69) is 4.36 Å². The predicted octanol–water partition coefficient (Wildman–Crippen LogP) is 3.03. The Hall–Kier alpha value is -2.80. The second-order valence-electron chi connectivity index (χ2n) is 4.92. The third-order valence-corrected chi connectivity index (χ3v) is 3.73. The third-order valence-electron chi connectivity index (χ3n) is 3.42. The number of hydrogen-bond acceptors (Lipinski definition) is 3. The van der Waals surface area contributed by atoms with Crippen LogP contribution >= 0.6 is 0 Å². The Morgan fingerprint density at radius 2 is 1.87 bits per heavy atom. The first-order chi connectivity index (χ1) is 11.0. The van der Waals surface area contributed by atoms with Crippen LogP contribution in [0.4, 0.5) is 4.39 Å². The van der Waals surface area contributed by atoms with Gasteiger partial charge in [0.15, 0.2) is 0 Å². The fourth-order valence-electron chi connectivity index (χ4n) is 2.49. The number of halogens is 1. The highest BCUT2D eigenvalue weighted by Crippen LogP contribution is 2.22. The second kappa shape index (κ2) is 6.13. The highest BCUT2D eigenvalue weighted by Gasteiger charge is 2.16. The number of fused-ring (bicyclic) bond motifs is 1. The average molecular weight is 330 g/mol. The van der Waals surface area contributed by atoms with E-state index in [9.17, 15) is 17.6 Å². The Morgan fingerprint density at radius 3 is 2.61 bits per heavy atom. The first-order valence-electron chi connectivity index (χ1n) is 6.73. The topological polar surface area (TPSA) is 68.5 Å². The lowest BCUT2D eigenvalue weighted by Crippen LogP contribution is -2.08. The standard InChI is InChI=1S/C16H11FN2O3S/c17-13-6-3-4-11(8-13)10-19-14-7-2-1-5-12(14)9-15(19)16(20)18-23(21)22/h1-9H,10H2. The molecule has 7 heteroatoms. The summed E-state index contributed by atoms with van der Waals surface area (Å²) in [5.41, 5.74) is 1.54. The Morgan fingerprint density at radius 1 is 1.09 bits per heavy atom.